The van der Waals surface area contributed by atoms with Crippen molar-refractivity contribution in [3.63, 3.8) is 0 Å². The first-order valence-corrected chi connectivity index (χ1v) is 10.9. The molecule has 9 heteroatoms. The Bertz CT molecular complexity index is 1060. The van der Waals surface area contributed by atoms with Crippen molar-refractivity contribution in [2.45, 2.75) is 19.3 Å². The first-order valence-electron chi connectivity index (χ1n) is 10.9. The number of hydroxylamine groups is 1. The minimum absolute atomic E-state index is 0.237. The predicted molar refractivity (Wildman–Crippen MR) is 122 cm³/mol. The Labute approximate surface area is 187 Å². The van der Waals surface area contributed by atoms with Crippen LogP contribution in [0.4, 0.5) is 5.95 Å². The SMILES string of the molecule is COc1ccc2c(CCNCC3CCN(c4ncc(C(=O)NO)cn4)CC3)cn(C)c2c1. The van der Waals surface area contributed by atoms with Crippen LogP contribution in [0.1, 0.15) is 28.8 Å². The average molecular weight is 439 g/mol. The molecule has 1 amide bonds. The molecule has 0 bridgehead atoms. The van der Waals surface area contributed by atoms with Gasteiger partial charge in [0.15, 0.2) is 0 Å². The van der Waals surface area contributed by atoms with Crippen molar-refractivity contribution in [1.82, 2.24) is 25.3 Å². The molecule has 9 nitrogen and oxygen atoms in total. The molecule has 1 aliphatic heterocycles. The number of anilines is 1. The van der Waals surface area contributed by atoms with Gasteiger partial charge in [-0.05, 0) is 56.0 Å². The summed E-state index contributed by atoms with van der Waals surface area (Å²) in [4.78, 5) is 22.0. The van der Waals surface area contributed by atoms with E-state index in [4.69, 9.17) is 9.94 Å². The van der Waals surface area contributed by atoms with E-state index >= 15 is 0 Å². The van der Waals surface area contributed by atoms with Crippen LogP contribution in [-0.2, 0) is 13.5 Å². The number of piperidine rings is 1. The number of carbonyl (C=O) groups is 1. The van der Waals surface area contributed by atoms with E-state index < -0.39 is 5.91 Å². The third-order valence-corrected chi connectivity index (χ3v) is 6.18. The monoisotopic (exact) mass is 438 g/mol. The van der Waals surface area contributed by atoms with Crippen molar-refractivity contribution in [3.05, 3.63) is 47.9 Å². The molecular formula is C23H30N6O3. The smallest absolute Gasteiger partial charge is 0.277 e. The van der Waals surface area contributed by atoms with Gasteiger partial charge < -0.3 is 19.5 Å². The zero-order valence-corrected chi connectivity index (χ0v) is 18.5. The zero-order chi connectivity index (χ0) is 22.5. The summed E-state index contributed by atoms with van der Waals surface area (Å²) in [5.41, 5.74) is 4.37. The van der Waals surface area contributed by atoms with Crippen LogP contribution in [0.15, 0.2) is 36.8 Å². The summed E-state index contributed by atoms with van der Waals surface area (Å²) in [7, 11) is 3.77. The molecule has 1 aliphatic rings. The fraction of sp³-hybridized carbons (Fsp3) is 0.435. The molecule has 1 aromatic carbocycles. The van der Waals surface area contributed by atoms with E-state index in [1.54, 1.807) is 12.6 Å². The van der Waals surface area contributed by atoms with Gasteiger partial charge in [-0.2, -0.15) is 0 Å². The Hall–Kier alpha value is -3.17. The number of fused-ring (bicyclic) bond motifs is 1. The zero-order valence-electron chi connectivity index (χ0n) is 18.5. The number of aryl methyl sites for hydroxylation is 1. The Balaban J connectivity index is 1.22. The average Bonchev–Trinajstić information content (AvgIpc) is 3.16. The number of nitrogens with zero attached hydrogens (tertiary/aromatic N) is 4. The molecule has 1 fully saturated rings. The molecule has 3 aromatic rings. The van der Waals surface area contributed by atoms with E-state index in [2.05, 4.69) is 50.1 Å². The lowest BCUT2D eigenvalue weighted by Crippen LogP contribution is -2.38. The molecule has 0 saturated carbocycles. The fourth-order valence-electron chi connectivity index (χ4n) is 4.31. The van der Waals surface area contributed by atoms with Crippen molar-refractivity contribution in [3.8, 4) is 5.75 Å². The van der Waals surface area contributed by atoms with Gasteiger partial charge in [0, 0.05) is 50.2 Å². The number of aromatic nitrogens is 3. The van der Waals surface area contributed by atoms with Crippen molar-refractivity contribution in [1.29, 1.82) is 0 Å². The maximum Gasteiger partial charge on any atom is 0.277 e. The summed E-state index contributed by atoms with van der Waals surface area (Å²) < 4.78 is 7.51. The van der Waals surface area contributed by atoms with Gasteiger partial charge in [0.1, 0.15) is 5.75 Å². The van der Waals surface area contributed by atoms with Crippen LogP contribution in [0.5, 0.6) is 5.75 Å². The van der Waals surface area contributed by atoms with Gasteiger partial charge in [0.2, 0.25) is 5.95 Å². The predicted octanol–water partition coefficient (Wildman–Crippen LogP) is 2.14. The van der Waals surface area contributed by atoms with Crippen LogP contribution in [-0.4, -0.2) is 58.9 Å². The lowest BCUT2D eigenvalue weighted by molar-refractivity contribution is 0.0705. The maximum absolute atomic E-state index is 11.4. The van der Waals surface area contributed by atoms with Crippen LogP contribution in [0.3, 0.4) is 0 Å². The number of amides is 1. The van der Waals surface area contributed by atoms with Crippen molar-refractivity contribution < 1.29 is 14.7 Å². The van der Waals surface area contributed by atoms with Crippen LogP contribution in [0, 0.1) is 5.92 Å². The number of rotatable bonds is 8. The van der Waals surface area contributed by atoms with Gasteiger partial charge in [-0.3, -0.25) is 10.0 Å². The van der Waals surface area contributed by atoms with Gasteiger partial charge in [-0.1, -0.05) is 0 Å². The van der Waals surface area contributed by atoms with E-state index in [0.29, 0.717) is 11.9 Å². The third-order valence-electron chi connectivity index (χ3n) is 6.18. The minimum atomic E-state index is -0.607. The Morgan fingerprint density at radius 2 is 2.00 bits per heavy atom. The molecule has 4 rings (SSSR count). The lowest BCUT2D eigenvalue weighted by Gasteiger charge is -2.32. The van der Waals surface area contributed by atoms with Crippen molar-refractivity contribution in [2.24, 2.45) is 13.0 Å². The largest absolute Gasteiger partial charge is 0.497 e. The molecule has 170 valence electrons. The molecule has 0 atom stereocenters. The number of benzene rings is 1. The van der Waals surface area contributed by atoms with Gasteiger partial charge >= 0.3 is 0 Å². The van der Waals surface area contributed by atoms with E-state index in [-0.39, 0.29) is 5.56 Å². The van der Waals surface area contributed by atoms with Gasteiger partial charge in [-0.25, -0.2) is 15.4 Å². The molecular weight excluding hydrogens is 408 g/mol. The summed E-state index contributed by atoms with van der Waals surface area (Å²) in [5, 5.41) is 13.6. The highest BCUT2D eigenvalue weighted by Gasteiger charge is 2.21. The number of nitrogens with one attached hydrogen (secondary N) is 2. The van der Waals surface area contributed by atoms with Crippen LogP contribution < -0.4 is 20.4 Å². The second-order valence-corrected chi connectivity index (χ2v) is 8.25. The van der Waals surface area contributed by atoms with E-state index in [9.17, 15) is 4.79 Å². The topological polar surface area (TPSA) is 105 Å². The summed E-state index contributed by atoms with van der Waals surface area (Å²) in [6.07, 6.45) is 8.21. The Kier molecular flexibility index (Phi) is 6.87. The van der Waals surface area contributed by atoms with Crippen LogP contribution in [0.2, 0.25) is 0 Å². The molecule has 0 spiro atoms. The Morgan fingerprint density at radius 1 is 1.25 bits per heavy atom. The number of methoxy groups -OCH3 is 1. The summed E-state index contributed by atoms with van der Waals surface area (Å²) in [6.45, 7) is 3.73. The van der Waals surface area contributed by atoms with E-state index in [0.717, 1.165) is 51.2 Å². The van der Waals surface area contributed by atoms with Gasteiger partial charge in [-0.15, -0.1) is 0 Å². The number of hydrogen-bond acceptors (Lipinski definition) is 7. The van der Waals surface area contributed by atoms with Gasteiger partial charge in [0.05, 0.1) is 18.2 Å². The normalized spacial score (nSPS) is 14.7. The second kappa shape index (κ2) is 9.97. The molecule has 3 heterocycles. The van der Waals surface area contributed by atoms with E-state index in [1.807, 2.05) is 6.07 Å². The highest BCUT2D eigenvalue weighted by atomic mass is 16.5. The summed E-state index contributed by atoms with van der Waals surface area (Å²) in [5.74, 6) is 1.53. The van der Waals surface area contributed by atoms with E-state index in [1.165, 1.54) is 28.9 Å². The quantitative estimate of drug-likeness (QED) is 0.281. The number of ether oxygens (including phenoxy) is 1. The molecule has 3 N–H and O–H groups in total. The third kappa shape index (κ3) is 4.84. The fourth-order valence-corrected chi connectivity index (χ4v) is 4.31. The molecule has 2 aromatic heterocycles. The first kappa shape index (κ1) is 22.0. The number of carbonyl (C=O) groups excluding carboxylic acids is 1. The molecule has 1 saturated heterocycles. The second-order valence-electron chi connectivity index (χ2n) is 8.25. The maximum atomic E-state index is 11.4. The van der Waals surface area contributed by atoms with Crippen LogP contribution in [0.25, 0.3) is 10.9 Å². The molecule has 0 radical (unpaired) electrons. The highest BCUT2D eigenvalue weighted by molar-refractivity contribution is 5.92. The first-order chi connectivity index (χ1) is 15.6. The van der Waals surface area contributed by atoms with Crippen molar-refractivity contribution in [2.75, 3.05) is 38.2 Å². The summed E-state index contributed by atoms with van der Waals surface area (Å²) in [6, 6.07) is 6.24. The van der Waals surface area contributed by atoms with Crippen molar-refractivity contribution >= 4 is 22.8 Å². The lowest BCUT2D eigenvalue weighted by atomic mass is 9.97. The number of hydrogen-bond donors (Lipinski definition) is 3. The minimum Gasteiger partial charge on any atom is -0.497 e. The molecule has 32 heavy (non-hydrogen) atoms. The highest BCUT2D eigenvalue weighted by Crippen LogP contribution is 2.25. The molecule has 0 aliphatic carbocycles. The Morgan fingerprint density at radius 3 is 2.69 bits per heavy atom. The summed E-state index contributed by atoms with van der Waals surface area (Å²) >= 11 is 0. The standard InChI is InChI=1S/C23H30N6O3/c1-28-15-17(20-4-3-19(32-2)11-21(20)28)5-8-24-12-16-6-9-29(10-7-16)23-25-13-18(14-26-23)22(30)27-31/h3-4,11,13-16,24,31H,5-10,12H2,1-2H3,(H,27,30). The molecule has 0 unspecified atom stereocenters. The van der Waals surface area contributed by atoms with Gasteiger partial charge in [0.25, 0.3) is 5.91 Å². The van der Waals surface area contributed by atoms with Crippen LogP contribution >= 0.6 is 0 Å².